The summed E-state index contributed by atoms with van der Waals surface area (Å²) >= 11 is 0. The number of nitriles is 1. The van der Waals surface area contributed by atoms with E-state index in [0.29, 0.717) is 37.8 Å². The molecule has 0 radical (unpaired) electrons. The molecule has 0 bridgehead atoms. The third-order valence-corrected chi connectivity index (χ3v) is 5.99. The zero-order valence-corrected chi connectivity index (χ0v) is 14.4. The summed E-state index contributed by atoms with van der Waals surface area (Å²) in [6.45, 7) is 3.15. The molecular weight excluding hydrogens is 312 g/mol. The maximum absolute atomic E-state index is 14.2. The van der Waals surface area contributed by atoms with Crippen molar-refractivity contribution in [1.29, 1.82) is 5.26 Å². The second-order valence-electron chi connectivity index (χ2n) is 8.05. The number of rotatable bonds is 7. The highest BCUT2D eigenvalue weighted by molar-refractivity contribution is 5.83. The predicted molar refractivity (Wildman–Crippen MR) is 86.5 cm³/mol. The smallest absolute Gasteiger partial charge is 0.250 e. The summed E-state index contributed by atoms with van der Waals surface area (Å²) in [7, 11) is 0. The van der Waals surface area contributed by atoms with Crippen LogP contribution in [0.2, 0.25) is 0 Å². The highest BCUT2D eigenvalue weighted by Gasteiger charge is 2.50. The molecule has 1 amide bonds. The summed E-state index contributed by atoms with van der Waals surface area (Å²) in [6.07, 6.45) is 5.47. The number of hydrogen-bond acceptors (Lipinski definition) is 3. The molecule has 2 saturated carbocycles. The molecule has 3 fully saturated rings. The summed E-state index contributed by atoms with van der Waals surface area (Å²) in [5.74, 6) is -3.23. The highest BCUT2D eigenvalue weighted by atomic mass is 19.3. The second-order valence-corrected chi connectivity index (χ2v) is 8.05. The normalized spacial score (nSPS) is 25.8. The molecule has 6 heteroatoms. The molecule has 1 atom stereocenters. The summed E-state index contributed by atoms with van der Waals surface area (Å²) in [5.41, 5.74) is -0.364. The number of amides is 1. The molecule has 1 heterocycles. The Morgan fingerprint density at radius 2 is 1.88 bits per heavy atom. The van der Waals surface area contributed by atoms with Gasteiger partial charge in [-0.15, -0.1) is 0 Å². The van der Waals surface area contributed by atoms with E-state index in [1.807, 2.05) is 4.90 Å². The van der Waals surface area contributed by atoms with Crippen LogP contribution in [0.15, 0.2) is 0 Å². The Hall–Kier alpha value is -1.22. The van der Waals surface area contributed by atoms with Crippen LogP contribution in [0.5, 0.6) is 0 Å². The lowest BCUT2D eigenvalue weighted by Crippen LogP contribution is -2.54. The summed E-state index contributed by atoms with van der Waals surface area (Å²) in [4.78, 5) is 14.6. The average Bonchev–Trinajstić information content (AvgIpc) is 3.45. The van der Waals surface area contributed by atoms with E-state index in [1.54, 1.807) is 6.92 Å². The highest BCUT2D eigenvalue weighted by Crippen LogP contribution is 2.54. The predicted octanol–water partition coefficient (Wildman–Crippen LogP) is 3.23. The Labute approximate surface area is 142 Å². The summed E-state index contributed by atoms with van der Waals surface area (Å²) in [6, 6.07) is 1.29. The minimum Gasteiger partial charge on any atom is -0.336 e. The number of likely N-dealkylation sites (tertiary alicyclic amines) is 1. The lowest BCUT2D eigenvalue weighted by atomic mass is 9.91. The lowest BCUT2D eigenvalue weighted by Gasteiger charge is -2.38. The van der Waals surface area contributed by atoms with E-state index in [-0.39, 0.29) is 6.42 Å². The van der Waals surface area contributed by atoms with Crippen molar-refractivity contribution < 1.29 is 13.6 Å². The first-order valence-corrected chi connectivity index (χ1v) is 9.18. The fourth-order valence-electron chi connectivity index (χ4n) is 3.83. The number of carbonyl (C=O) groups is 1. The van der Waals surface area contributed by atoms with Crippen molar-refractivity contribution in [3.8, 4) is 6.07 Å². The standard InChI is InChI=1S/C18H27F2N3O/c1-2-3-18(19,20)12-14(15(24)22-17(13-21)6-7-17)23-10-8-16(4-5-16)9-11-23/h14H,2-12H2,1H3,(H,22,24)/t14-/m0/s1. The molecule has 3 aliphatic rings. The van der Waals surface area contributed by atoms with E-state index < -0.39 is 29.8 Å². The topological polar surface area (TPSA) is 56.1 Å². The molecule has 0 aromatic carbocycles. The van der Waals surface area contributed by atoms with Gasteiger partial charge >= 0.3 is 0 Å². The molecule has 2 aliphatic carbocycles. The Bertz CT molecular complexity index is 525. The molecule has 1 N–H and O–H groups in total. The van der Waals surface area contributed by atoms with Gasteiger partial charge in [0.2, 0.25) is 11.8 Å². The van der Waals surface area contributed by atoms with Crippen LogP contribution in [-0.2, 0) is 4.79 Å². The van der Waals surface area contributed by atoms with E-state index in [9.17, 15) is 13.6 Å². The van der Waals surface area contributed by atoms with Crippen LogP contribution in [0, 0.1) is 16.7 Å². The Morgan fingerprint density at radius 1 is 1.25 bits per heavy atom. The summed E-state index contributed by atoms with van der Waals surface area (Å²) < 4.78 is 28.4. The molecule has 4 nitrogen and oxygen atoms in total. The molecule has 0 aromatic rings. The lowest BCUT2D eigenvalue weighted by molar-refractivity contribution is -0.132. The minimum atomic E-state index is -2.84. The molecule has 24 heavy (non-hydrogen) atoms. The number of alkyl halides is 2. The molecule has 0 aromatic heterocycles. The number of piperidine rings is 1. The zero-order chi connectivity index (χ0) is 17.4. The van der Waals surface area contributed by atoms with Crippen molar-refractivity contribution in [3.05, 3.63) is 0 Å². The van der Waals surface area contributed by atoms with E-state index in [1.165, 1.54) is 12.8 Å². The van der Waals surface area contributed by atoms with Gasteiger partial charge in [-0.3, -0.25) is 9.69 Å². The van der Waals surface area contributed by atoms with Crippen molar-refractivity contribution in [2.75, 3.05) is 13.1 Å². The quantitative estimate of drug-likeness (QED) is 0.775. The van der Waals surface area contributed by atoms with Gasteiger partial charge in [0.1, 0.15) is 5.54 Å². The first kappa shape index (κ1) is 17.6. The van der Waals surface area contributed by atoms with Crippen LogP contribution < -0.4 is 5.32 Å². The zero-order valence-electron chi connectivity index (χ0n) is 14.4. The first-order valence-electron chi connectivity index (χ1n) is 9.18. The fourth-order valence-corrected chi connectivity index (χ4v) is 3.83. The van der Waals surface area contributed by atoms with Crippen LogP contribution >= 0.6 is 0 Å². The van der Waals surface area contributed by atoms with Gasteiger partial charge in [-0.2, -0.15) is 5.26 Å². The van der Waals surface area contributed by atoms with Gasteiger partial charge in [-0.25, -0.2) is 8.78 Å². The van der Waals surface area contributed by atoms with Gasteiger partial charge in [0.05, 0.1) is 12.1 Å². The minimum absolute atomic E-state index is 0.196. The number of nitrogens with one attached hydrogen (secondary N) is 1. The van der Waals surface area contributed by atoms with E-state index in [2.05, 4.69) is 11.4 Å². The maximum atomic E-state index is 14.2. The Kier molecular flexibility index (Phi) is 4.59. The van der Waals surface area contributed by atoms with Gasteiger partial charge in [0, 0.05) is 12.8 Å². The number of halogens is 2. The molecule has 134 valence electrons. The SMILES string of the molecule is CCCC(F)(F)C[C@@H](C(=O)NC1(C#N)CC1)N1CCC2(CC1)CC2. The largest absolute Gasteiger partial charge is 0.336 e. The number of carbonyl (C=O) groups excluding carboxylic acids is 1. The second kappa shape index (κ2) is 6.25. The fraction of sp³-hybridized carbons (Fsp3) is 0.889. The van der Waals surface area contributed by atoms with Crippen molar-refractivity contribution >= 4 is 5.91 Å². The molecule has 3 rings (SSSR count). The van der Waals surface area contributed by atoms with Gasteiger partial charge in [0.25, 0.3) is 0 Å². The van der Waals surface area contributed by atoms with Gasteiger partial charge in [0.15, 0.2) is 0 Å². The van der Waals surface area contributed by atoms with E-state index >= 15 is 0 Å². The van der Waals surface area contributed by atoms with Crippen LogP contribution in [0.4, 0.5) is 8.78 Å². The maximum Gasteiger partial charge on any atom is 0.250 e. The Morgan fingerprint density at radius 3 is 2.33 bits per heavy atom. The number of hydrogen-bond donors (Lipinski definition) is 1. The number of nitrogens with zero attached hydrogens (tertiary/aromatic N) is 2. The monoisotopic (exact) mass is 339 g/mol. The molecule has 0 unspecified atom stereocenters. The van der Waals surface area contributed by atoms with Crippen molar-refractivity contribution in [1.82, 2.24) is 10.2 Å². The van der Waals surface area contributed by atoms with Crippen LogP contribution in [0.3, 0.4) is 0 Å². The summed E-state index contributed by atoms with van der Waals surface area (Å²) in [5, 5.41) is 11.9. The van der Waals surface area contributed by atoms with Gasteiger partial charge < -0.3 is 5.32 Å². The third-order valence-electron chi connectivity index (χ3n) is 5.99. The van der Waals surface area contributed by atoms with E-state index in [4.69, 9.17) is 5.26 Å². The van der Waals surface area contributed by atoms with Gasteiger partial charge in [-0.1, -0.05) is 13.3 Å². The Balaban J connectivity index is 1.68. The van der Waals surface area contributed by atoms with E-state index in [0.717, 1.165) is 12.8 Å². The first-order chi connectivity index (χ1) is 11.3. The van der Waals surface area contributed by atoms with Crippen LogP contribution in [-0.4, -0.2) is 41.4 Å². The molecule has 1 aliphatic heterocycles. The molecule has 1 spiro atoms. The van der Waals surface area contributed by atoms with Crippen LogP contribution in [0.25, 0.3) is 0 Å². The molecule has 1 saturated heterocycles. The van der Waals surface area contributed by atoms with Crippen LogP contribution in [0.1, 0.15) is 64.7 Å². The van der Waals surface area contributed by atoms with Crippen molar-refractivity contribution in [3.63, 3.8) is 0 Å². The third kappa shape index (κ3) is 3.88. The van der Waals surface area contributed by atoms with Crippen molar-refractivity contribution in [2.24, 2.45) is 5.41 Å². The average molecular weight is 339 g/mol. The van der Waals surface area contributed by atoms with Gasteiger partial charge in [-0.05, 0) is 57.0 Å². The molecular formula is C18H27F2N3O. The van der Waals surface area contributed by atoms with Crippen molar-refractivity contribution in [2.45, 2.75) is 82.2 Å².